The Balaban J connectivity index is 0.00000364. The van der Waals surface area contributed by atoms with Gasteiger partial charge in [-0.1, -0.05) is 20.8 Å². The largest absolute Gasteiger partial charge is 0.403 e. The van der Waals surface area contributed by atoms with Gasteiger partial charge < -0.3 is 10.2 Å². The van der Waals surface area contributed by atoms with E-state index in [-0.39, 0.29) is 29.4 Å². The number of hydrogen-bond donors (Lipinski definition) is 1. The molecule has 1 aromatic rings. The second-order valence-electron chi connectivity index (χ2n) is 7.52. The van der Waals surface area contributed by atoms with Gasteiger partial charge in [0.1, 0.15) is 11.0 Å². The van der Waals surface area contributed by atoms with E-state index in [9.17, 15) is 13.2 Å². The predicted molar refractivity (Wildman–Crippen MR) is 115 cm³/mol. The quantitative estimate of drug-likeness (QED) is 0.376. The van der Waals surface area contributed by atoms with Gasteiger partial charge in [0, 0.05) is 44.0 Å². The van der Waals surface area contributed by atoms with Crippen molar-refractivity contribution in [3.63, 3.8) is 0 Å². The summed E-state index contributed by atoms with van der Waals surface area (Å²) in [5, 5.41) is 6.32. The van der Waals surface area contributed by atoms with Crippen LogP contribution in [0.25, 0.3) is 0 Å². The zero-order chi connectivity index (χ0) is 19.5. The Hall–Kier alpha value is -0.620. The van der Waals surface area contributed by atoms with Gasteiger partial charge in [0.05, 0.1) is 12.2 Å². The van der Waals surface area contributed by atoms with E-state index in [1.165, 1.54) is 11.8 Å². The van der Waals surface area contributed by atoms with Crippen molar-refractivity contribution in [1.29, 1.82) is 0 Å². The third-order valence-corrected chi connectivity index (χ3v) is 5.41. The van der Waals surface area contributed by atoms with Crippen LogP contribution in [-0.4, -0.2) is 66.2 Å². The summed E-state index contributed by atoms with van der Waals surface area (Å²) < 4.78 is 38.6. The standard InChI is InChI=1S/C17H28F3N5S.HI/c1-12(17(18,19)20)24-6-8-25(9-7-24)15(21-5)22-10-14-23-13(11-26-14)16(2,3)4;/h11-12H,6-10H2,1-5H3,(H,21,22);1H. The second-order valence-corrected chi connectivity index (χ2v) is 8.46. The van der Waals surface area contributed by atoms with Gasteiger partial charge in [-0.2, -0.15) is 13.2 Å². The Morgan fingerprint density at radius 3 is 2.30 bits per heavy atom. The highest BCUT2D eigenvalue weighted by molar-refractivity contribution is 14.0. The molecule has 27 heavy (non-hydrogen) atoms. The van der Waals surface area contributed by atoms with E-state index in [4.69, 9.17) is 0 Å². The Morgan fingerprint density at radius 2 is 1.85 bits per heavy atom. The lowest BCUT2D eigenvalue weighted by Gasteiger charge is -2.39. The zero-order valence-electron chi connectivity index (χ0n) is 16.4. The molecule has 2 heterocycles. The summed E-state index contributed by atoms with van der Waals surface area (Å²) in [5.41, 5.74) is 1.08. The number of rotatable bonds is 3. The first-order chi connectivity index (χ1) is 12.0. The van der Waals surface area contributed by atoms with Crippen molar-refractivity contribution in [3.05, 3.63) is 16.1 Å². The number of thiazole rings is 1. The Bertz CT molecular complexity index is 619. The normalized spacial score (nSPS) is 18.2. The summed E-state index contributed by atoms with van der Waals surface area (Å²) in [6, 6.07) is -1.41. The molecular formula is C17H29F3IN5S. The van der Waals surface area contributed by atoms with Gasteiger partial charge in [-0.25, -0.2) is 4.98 Å². The number of nitrogens with one attached hydrogen (secondary N) is 1. The lowest BCUT2D eigenvalue weighted by Crippen LogP contribution is -2.56. The molecule has 0 radical (unpaired) electrons. The zero-order valence-corrected chi connectivity index (χ0v) is 19.6. The average molecular weight is 519 g/mol. The van der Waals surface area contributed by atoms with Crippen molar-refractivity contribution in [3.8, 4) is 0 Å². The predicted octanol–water partition coefficient (Wildman–Crippen LogP) is 3.70. The first-order valence-corrected chi connectivity index (χ1v) is 9.61. The molecule has 1 fully saturated rings. The maximum atomic E-state index is 12.9. The van der Waals surface area contributed by atoms with Gasteiger partial charge >= 0.3 is 6.18 Å². The van der Waals surface area contributed by atoms with Crippen molar-refractivity contribution in [2.24, 2.45) is 4.99 Å². The minimum absolute atomic E-state index is 0. The van der Waals surface area contributed by atoms with Crippen molar-refractivity contribution in [2.45, 2.75) is 51.9 Å². The van der Waals surface area contributed by atoms with Gasteiger partial charge in [0.2, 0.25) is 0 Å². The van der Waals surface area contributed by atoms with Crippen LogP contribution in [0.15, 0.2) is 10.4 Å². The summed E-state index contributed by atoms with van der Waals surface area (Å²) >= 11 is 1.60. The van der Waals surface area contributed by atoms with Crippen LogP contribution in [0, 0.1) is 0 Å². The Kier molecular flexibility index (Phi) is 8.80. The third kappa shape index (κ3) is 6.74. The van der Waals surface area contributed by atoms with Crippen molar-refractivity contribution in [2.75, 3.05) is 33.2 Å². The molecule has 1 aliphatic heterocycles. The maximum absolute atomic E-state index is 12.9. The van der Waals surface area contributed by atoms with Crippen LogP contribution in [0.3, 0.4) is 0 Å². The van der Waals surface area contributed by atoms with Crippen molar-refractivity contribution in [1.82, 2.24) is 20.1 Å². The lowest BCUT2D eigenvalue weighted by molar-refractivity contribution is -0.181. The van der Waals surface area contributed by atoms with Gasteiger partial charge in [-0.3, -0.25) is 9.89 Å². The van der Waals surface area contributed by atoms with E-state index in [1.54, 1.807) is 18.4 Å². The first-order valence-electron chi connectivity index (χ1n) is 8.73. The highest BCUT2D eigenvalue weighted by atomic mass is 127. The van der Waals surface area contributed by atoms with E-state index in [0.29, 0.717) is 38.7 Å². The van der Waals surface area contributed by atoms with E-state index in [2.05, 4.69) is 41.4 Å². The van der Waals surface area contributed by atoms with E-state index in [1.807, 2.05) is 4.90 Å². The monoisotopic (exact) mass is 519 g/mol. The number of guanidine groups is 1. The fourth-order valence-corrected chi connectivity index (χ4v) is 3.71. The van der Waals surface area contributed by atoms with E-state index >= 15 is 0 Å². The van der Waals surface area contributed by atoms with Gasteiger partial charge in [-0.05, 0) is 6.92 Å². The molecule has 0 saturated carbocycles. The van der Waals surface area contributed by atoms with Crippen LogP contribution >= 0.6 is 35.3 Å². The minimum Gasteiger partial charge on any atom is -0.350 e. The molecule has 156 valence electrons. The molecule has 1 atom stereocenters. The molecule has 10 heteroatoms. The van der Waals surface area contributed by atoms with Gasteiger partial charge in [-0.15, -0.1) is 35.3 Å². The number of hydrogen-bond acceptors (Lipinski definition) is 4. The molecule has 5 nitrogen and oxygen atoms in total. The highest BCUT2D eigenvalue weighted by Gasteiger charge is 2.41. The summed E-state index contributed by atoms with van der Waals surface area (Å²) in [5.74, 6) is 0.705. The molecule has 0 aliphatic carbocycles. The van der Waals surface area contributed by atoms with Crippen molar-refractivity contribution < 1.29 is 13.2 Å². The SMILES string of the molecule is CN=C(NCc1nc(C(C)(C)C)cs1)N1CCN(C(C)C(F)(F)F)CC1.I. The Labute approximate surface area is 180 Å². The number of piperazine rings is 1. The number of aromatic nitrogens is 1. The molecule has 2 rings (SSSR count). The molecule has 0 spiro atoms. The number of aliphatic imine (C=N–C) groups is 1. The molecule has 1 aromatic heterocycles. The molecule has 0 amide bonds. The lowest BCUT2D eigenvalue weighted by atomic mass is 9.93. The number of alkyl halides is 3. The third-order valence-electron chi connectivity index (χ3n) is 4.56. The molecule has 1 N–H and O–H groups in total. The number of halogens is 4. The molecular weight excluding hydrogens is 490 g/mol. The fourth-order valence-electron chi connectivity index (χ4n) is 2.75. The van der Waals surface area contributed by atoms with Crippen LogP contribution < -0.4 is 5.32 Å². The highest BCUT2D eigenvalue weighted by Crippen LogP contribution is 2.25. The summed E-state index contributed by atoms with van der Waals surface area (Å²) in [7, 11) is 1.69. The average Bonchev–Trinajstić information content (AvgIpc) is 3.04. The second kappa shape index (κ2) is 9.73. The van der Waals surface area contributed by atoms with Crippen LogP contribution in [-0.2, 0) is 12.0 Å². The summed E-state index contributed by atoms with van der Waals surface area (Å²) in [4.78, 5) is 12.4. The molecule has 0 bridgehead atoms. The van der Waals surface area contributed by atoms with Gasteiger partial charge in [0.15, 0.2) is 5.96 Å². The van der Waals surface area contributed by atoms with Crippen LogP contribution in [0.5, 0.6) is 0 Å². The van der Waals surface area contributed by atoms with E-state index < -0.39 is 12.2 Å². The summed E-state index contributed by atoms with van der Waals surface area (Å²) in [6.45, 7) is 9.93. The molecule has 0 aromatic carbocycles. The van der Waals surface area contributed by atoms with Gasteiger partial charge in [0.25, 0.3) is 0 Å². The molecule has 1 aliphatic rings. The van der Waals surface area contributed by atoms with Crippen molar-refractivity contribution >= 4 is 41.3 Å². The Morgan fingerprint density at radius 1 is 1.26 bits per heavy atom. The number of nitrogens with zero attached hydrogens (tertiary/aromatic N) is 4. The topological polar surface area (TPSA) is 43.8 Å². The van der Waals surface area contributed by atoms with E-state index in [0.717, 1.165) is 10.7 Å². The molecule has 1 unspecified atom stereocenters. The minimum atomic E-state index is -4.18. The first kappa shape index (κ1) is 24.4. The summed E-state index contributed by atoms with van der Waals surface area (Å²) in [6.07, 6.45) is -4.18. The molecule has 1 saturated heterocycles. The van der Waals surface area contributed by atoms with Crippen LogP contribution in [0.4, 0.5) is 13.2 Å². The smallest absolute Gasteiger partial charge is 0.350 e. The van der Waals surface area contributed by atoms with Crippen LogP contribution in [0.1, 0.15) is 38.4 Å². The fraction of sp³-hybridized carbons (Fsp3) is 0.765. The van der Waals surface area contributed by atoms with Crippen LogP contribution in [0.2, 0.25) is 0 Å². The maximum Gasteiger partial charge on any atom is 0.403 e.